The molecule has 0 radical (unpaired) electrons. The van der Waals surface area contributed by atoms with E-state index in [0.717, 1.165) is 29.2 Å². The fraction of sp³-hybridized carbons (Fsp3) is 0.450. The van der Waals surface area contributed by atoms with Gasteiger partial charge in [-0.1, -0.05) is 12.1 Å². The normalized spacial score (nSPS) is 16.8. The van der Waals surface area contributed by atoms with Gasteiger partial charge in [-0.05, 0) is 37.5 Å². The van der Waals surface area contributed by atoms with Gasteiger partial charge < -0.3 is 14.4 Å². The summed E-state index contributed by atoms with van der Waals surface area (Å²) in [6.45, 7) is 3.22. The standard InChI is InChI=1S/C20H24N2O4S/c1-3-26-20(24)15-5-4-10-22(12-15)19(23)17-13-27-18(21-17)11-14-6-8-16(25-2)9-7-14/h6-9,13,15H,3-5,10-12H2,1-2H3. The van der Waals surface area contributed by atoms with Crippen LogP contribution in [0.15, 0.2) is 29.6 Å². The lowest BCUT2D eigenvalue weighted by atomic mass is 9.98. The predicted octanol–water partition coefficient (Wildman–Crippen LogP) is 3.16. The summed E-state index contributed by atoms with van der Waals surface area (Å²) in [4.78, 5) is 31.0. The number of nitrogens with zero attached hydrogens (tertiary/aromatic N) is 2. The highest BCUT2D eigenvalue weighted by Crippen LogP contribution is 2.22. The Balaban J connectivity index is 1.62. The van der Waals surface area contributed by atoms with Gasteiger partial charge in [0, 0.05) is 24.9 Å². The van der Waals surface area contributed by atoms with Crippen LogP contribution in [0, 0.1) is 5.92 Å². The average molecular weight is 388 g/mol. The lowest BCUT2D eigenvalue weighted by Crippen LogP contribution is -2.43. The van der Waals surface area contributed by atoms with Crippen LogP contribution in [0.25, 0.3) is 0 Å². The molecule has 1 aromatic heterocycles. The molecule has 1 atom stereocenters. The third kappa shape index (κ3) is 4.86. The molecule has 1 aliphatic rings. The highest BCUT2D eigenvalue weighted by molar-refractivity contribution is 7.09. The topological polar surface area (TPSA) is 68.7 Å². The van der Waals surface area contributed by atoms with E-state index in [0.29, 0.717) is 31.8 Å². The minimum absolute atomic E-state index is 0.110. The summed E-state index contributed by atoms with van der Waals surface area (Å²) in [5, 5.41) is 2.69. The number of thiazole rings is 1. The van der Waals surface area contributed by atoms with E-state index in [4.69, 9.17) is 9.47 Å². The number of methoxy groups -OCH3 is 1. The van der Waals surface area contributed by atoms with Gasteiger partial charge in [0.1, 0.15) is 11.4 Å². The van der Waals surface area contributed by atoms with E-state index < -0.39 is 0 Å². The van der Waals surface area contributed by atoms with Crippen molar-refractivity contribution in [1.82, 2.24) is 9.88 Å². The van der Waals surface area contributed by atoms with Crippen LogP contribution >= 0.6 is 11.3 Å². The Morgan fingerprint density at radius 2 is 2.07 bits per heavy atom. The van der Waals surface area contributed by atoms with Gasteiger partial charge in [0.2, 0.25) is 0 Å². The van der Waals surface area contributed by atoms with E-state index in [9.17, 15) is 9.59 Å². The van der Waals surface area contributed by atoms with Crippen LogP contribution in [0.3, 0.4) is 0 Å². The van der Waals surface area contributed by atoms with Crippen molar-refractivity contribution in [3.05, 3.63) is 45.9 Å². The van der Waals surface area contributed by atoms with E-state index in [1.807, 2.05) is 24.3 Å². The zero-order valence-electron chi connectivity index (χ0n) is 15.6. The van der Waals surface area contributed by atoms with Gasteiger partial charge in [-0.3, -0.25) is 9.59 Å². The van der Waals surface area contributed by atoms with E-state index in [-0.39, 0.29) is 17.8 Å². The zero-order valence-corrected chi connectivity index (χ0v) is 16.5. The number of hydrogen-bond donors (Lipinski definition) is 0. The Morgan fingerprint density at radius 1 is 1.30 bits per heavy atom. The van der Waals surface area contributed by atoms with E-state index >= 15 is 0 Å². The number of likely N-dealkylation sites (tertiary alicyclic amines) is 1. The number of amides is 1. The van der Waals surface area contributed by atoms with Gasteiger partial charge in [-0.25, -0.2) is 4.98 Å². The van der Waals surface area contributed by atoms with Crippen LogP contribution < -0.4 is 4.74 Å². The smallest absolute Gasteiger partial charge is 0.310 e. The van der Waals surface area contributed by atoms with Crippen LogP contribution in [0.5, 0.6) is 5.75 Å². The van der Waals surface area contributed by atoms with Crippen molar-refractivity contribution in [2.24, 2.45) is 5.92 Å². The van der Waals surface area contributed by atoms with Gasteiger partial charge in [-0.2, -0.15) is 0 Å². The largest absolute Gasteiger partial charge is 0.497 e. The maximum absolute atomic E-state index is 12.8. The van der Waals surface area contributed by atoms with Crippen LogP contribution in [0.4, 0.5) is 0 Å². The summed E-state index contributed by atoms with van der Waals surface area (Å²) >= 11 is 1.48. The van der Waals surface area contributed by atoms with Crippen molar-refractivity contribution in [2.75, 3.05) is 26.8 Å². The molecule has 1 saturated heterocycles. The highest BCUT2D eigenvalue weighted by Gasteiger charge is 2.30. The number of carbonyl (C=O) groups is 2. The molecule has 0 saturated carbocycles. The summed E-state index contributed by atoms with van der Waals surface area (Å²) in [5.41, 5.74) is 1.57. The number of piperidine rings is 1. The number of ether oxygens (including phenoxy) is 2. The first-order valence-electron chi connectivity index (χ1n) is 9.14. The Labute approximate surface area is 163 Å². The number of rotatable bonds is 6. The summed E-state index contributed by atoms with van der Waals surface area (Å²) in [6.07, 6.45) is 2.24. The Bertz CT molecular complexity index is 788. The average Bonchev–Trinajstić information content (AvgIpc) is 3.16. The molecule has 1 amide bonds. The van der Waals surface area contributed by atoms with Crippen molar-refractivity contribution >= 4 is 23.2 Å². The zero-order chi connectivity index (χ0) is 19.2. The minimum atomic E-state index is -0.236. The second-order valence-corrected chi connectivity index (χ2v) is 7.44. The molecular weight excluding hydrogens is 364 g/mol. The first kappa shape index (κ1) is 19.4. The molecule has 1 aliphatic heterocycles. The number of benzene rings is 1. The quantitative estimate of drug-likeness (QED) is 0.711. The third-order valence-electron chi connectivity index (χ3n) is 4.61. The molecule has 2 heterocycles. The summed E-state index contributed by atoms with van der Waals surface area (Å²) in [6, 6.07) is 7.82. The number of aromatic nitrogens is 1. The fourth-order valence-electron chi connectivity index (χ4n) is 3.18. The molecule has 27 heavy (non-hydrogen) atoms. The fourth-order valence-corrected chi connectivity index (χ4v) is 3.99. The minimum Gasteiger partial charge on any atom is -0.497 e. The van der Waals surface area contributed by atoms with Crippen LogP contribution in [0.2, 0.25) is 0 Å². The SMILES string of the molecule is CCOC(=O)C1CCCN(C(=O)c2csc(Cc3ccc(OC)cc3)n2)C1. The van der Waals surface area contributed by atoms with Gasteiger partial charge in [-0.15, -0.1) is 11.3 Å². The van der Waals surface area contributed by atoms with Crippen molar-refractivity contribution in [3.8, 4) is 5.75 Å². The van der Waals surface area contributed by atoms with Gasteiger partial charge in [0.25, 0.3) is 5.91 Å². The molecular formula is C20H24N2O4S. The number of hydrogen-bond acceptors (Lipinski definition) is 6. The summed E-state index contributed by atoms with van der Waals surface area (Å²) < 4.78 is 10.3. The van der Waals surface area contributed by atoms with Gasteiger partial charge in [0.05, 0.1) is 24.6 Å². The highest BCUT2D eigenvalue weighted by atomic mass is 32.1. The Morgan fingerprint density at radius 3 is 2.78 bits per heavy atom. The molecule has 144 valence electrons. The molecule has 2 aromatic rings. The lowest BCUT2D eigenvalue weighted by molar-refractivity contribution is -0.149. The first-order chi connectivity index (χ1) is 13.1. The van der Waals surface area contributed by atoms with E-state index in [2.05, 4.69) is 4.98 Å². The number of esters is 1. The molecule has 0 bridgehead atoms. The van der Waals surface area contributed by atoms with Gasteiger partial charge in [0.15, 0.2) is 0 Å². The van der Waals surface area contributed by atoms with Crippen LogP contribution in [0.1, 0.15) is 40.8 Å². The summed E-state index contributed by atoms with van der Waals surface area (Å²) in [5.74, 6) is 0.254. The predicted molar refractivity (Wildman–Crippen MR) is 103 cm³/mol. The van der Waals surface area contributed by atoms with Gasteiger partial charge >= 0.3 is 5.97 Å². The molecule has 1 aromatic carbocycles. The second-order valence-electron chi connectivity index (χ2n) is 6.49. The van der Waals surface area contributed by atoms with Crippen LogP contribution in [-0.2, 0) is 16.0 Å². The van der Waals surface area contributed by atoms with E-state index in [1.165, 1.54) is 11.3 Å². The van der Waals surface area contributed by atoms with Crippen molar-refractivity contribution in [3.63, 3.8) is 0 Å². The van der Waals surface area contributed by atoms with E-state index in [1.54, 1.807) is 24.3 Å². The molecule has 0 spiro atoms. The summed E-state index contributed by atoms with van der Waals surface area (Å²) in [7, 11) is 1.64. The van der Waals surface area contributed by atoms with Crippen LogP contribution in [-0.4, -0.2) is 48.6 Å². The second kappa shape index (κ2) is 8.99. The molecule has 6 nitrogen and oxygen atoms in total. The first-order valence-corrected chi connectivity index (χ1v) is 10.0. The molecule has 1 unspecified atom stereocenters. The monoisotopic (exact) mass is 388 g/mol. The lowest BCUT2D eigenvalue weighted by Gasteiger charge is -2.31. The molecule has 0 N–H and O–H groups in total. The maximum Gasteiger partial charge on any atom is 0.310 e. The third-order valence-corrected chi connectivity index (χ3v) is 5.46. The van der Waals surface area contributed by atoms with Crippen molar-refractivity contribution in [2.45, 2.75) is 26.2 Å². The molecule has 3 rings (SSSR count). The number of carbonyl (C=O) groups excluding carboxylic acids is 2. The molecule has 7 heteroatoms. The molecule has 0 aliphatic carbocycles. The Hall–Kier alpha value is -2.41. The Kier molecular flexibility index (Phi) is 6.45. The van der Waals surface area contributed by atoms with Crippen molar-refractivity contribution in [1.29, 1.82) is 0 Å². The molecule has 1 fully saturated rings. The maximum atomic E-state index is 12.8. The van der Waals surface area contributed by atoms with Crippen molar-refractivity contribution < 1.29 is 19.1 Å².